The van der Waals surface area contributed by atoms with Gasteiger partial charge in [0.05, 0.1) is 5.70 Å². The van der Waals surface area contributed by atoms with Crippen molar-refractivity contribution >= 4 is 6.72 Å². The SMILES string of the molecule is C=N/C(=C\C(C)C)C1=CC=CCC=C1. The molecular formula is C13H17N. The van der Waals surface area contributed by atoms with Crippen LogP contribution in [-0.4, -0.2) is 6.72 Å². The molecule has 0 saturated carbocycles. The molecular weight excluding hydrogens is 170 g/mol. The van der Waals surface area contributed by atoms with Crippen LogP contribution in [0.3, 0.4) is 0 Å². The molecule has 0 aromatic rings. The Hall–Kier alpha value is -1.37. The van der Waals surface area contributed by atoms with E-state index < -0.39 is 0 Å². The Morgan fingerprint density at radius 2 is 2.29 bits per heavy atom. The van der Waals surface area contributed by atoms with Crippen LogP contribution >= 0.6 is 0 Å². The van der Waals surface area contributed by atoms with Crippen LogP contribution < -0.4 is 0 Å². The topological polar surface area (TPSA) is 12.4 Å². The van der Waals surface area contributed by atoms with Crippen molar-refractivity contribution in [3.05, 3.63) is 47.7 Å². The lowest BCUT2D eigenvalue weighted by Crippen LogP contribution is -1.87. The summed E-state index contributed by atoms with van der Waals surface area (Å²) in [5.41, 5.74) is 2.12. The van der Waals surface area contributed by atoms with E-state index in [9.17, 15) is 0 Å². The van der Waals surface area contributed by atoms with Crippen molar-refractivity contribution in [2.24, 2.45) is 10.9 Å². The summed E-state index contributed by atoms with van der Waals surface area (Å²) in [6.07, 6.45) is 13.6. The highest BCUT2D eigenvalue weighted by Crippen LogP contribution is 2.17. The van der Waals surface area contributed by atoms with Crippen LogP contribution in [0.1, 0.15) is 20.3 Å². The molecule has 0 spiro atoms. The number of aliphatic imine (C=N–C) groups is 1. The van der Waals surface area contributed by atoms with Crippen molar-refractivity contribution < 1.29 is 0 Å². The molecule has 0 aliphatic heterocycles. The molecule has 0 N–H and O–H groups in total. The highest BCUT2D eigenvalue weighted by atomic mass is 14.7. The van der Waals surface area contributed by atoms with Gasteiger partial charge in [-0.25, -0.2) is 0 Å². The van der Waals surface area contributed by atoms with Crippen LogP contribution in [0.25, 0.3) is 0 Å². The summed E-state index contributed by atoms with van der Waals surface area (Å²) in [4.78, 5) is 4.05. The first-order valence-corrected chi connectivity index (χ1v) is 4.96. The standard InChI is InChI=1S/C13H17N/c1-11(2)10-13(14-3)12-8-6-4-5-7-9-12/h4,6-11H,3,5H2,1-2H3/b13-10-. The zero-order chi connectivity index (χ0) is 10.4. The van der Waals surface area contributed by atoms with E-state index in [1.165, 1.54) is 0 Å². The van der Waals surface area contributed by atoms with E-state index in [0.29, 0.717) is 5.92 Å². The molecule has 0 amide bonds. The van der Waals surface area contributed by atoms with Crippen LogP contribution in [0.5, 0.6) is 0 Å². The minimum absolute atomic E-state index is 0.497. The van der Waals surface area contributed by atoms with Gasteiger partial charge >= 0.3 is 0 Å². The number of rotatable bonds is 3. The quantitative estimate of drug-likeness (QED) is 0.598. The fourth-order valence-corrected chi connectivity index (χ4v) is 1.31. The van der Waals surface area contributed by atoms with E-state index in [0.717, 1.165) is 17.7 Å². The summed E-state index contributed by atoms with van der Waals surface area (Å²) in [5.74, 6) is 0.497. The third-order valence-electron chi connectivity index (χ3n) is 1.94. The largest absolute Gasteiger partial charge is 0.264 e. The molecule has 0 aromatic carbocycles. The number of hydrogen-bond donors (Lipinski definition) is 0. The van der Waals surface area contributed by atoms with Gasteiger partial charge in [0.25, 0.3) is 0 Å². The Morgan fingerprint density at radius 1 is 1.50 bits per heavy atom. The van der Waals surface area contributed by atoms with Crippen LogP contribution in [0.15, 0.2) is 52.7 Å². The molecule has 0 saturated heterocycles. The summed E-state index contributed by atoms with van der Waals surface area (Å²) >= 11 is 0. The molecule has 0 aromatic heterocycles. The van der Waals surface area contributed by atoms with Crippen molar-refractivity contribution in [1.29, 1.82) is 0 Å². The van der Waals surface area contributed by atoms with Crippen molar-refractivity contribution in [2.75, 3.05) is 0 Å². The van der Waals surface area contributed by atoms with Crippen LogP contribution in [0.2, 0.25) is 0 Å². The second kappa shape index (κ2) is 5.38. The minimum Gasteiger partial charge on any atom is -0.264 e. The fraction of sp³-hybridized carbons (Fsp3) is 0.308. The lowest BCUT2D eigenvalue weighted by atomic mass is 10.1. The number of nitrogens with zero attached hydrogens (tertiary/aromatic N) is 1. The molecule has 1 rings (SSSR count). The van der Waals surface area contributed by atoms with Gasteiger partial charge in [-0.1, -0.05) is 50.3 Å². The van der Waals surface area contributed by atoms with E-state index in [-0.39, 0.29) is 0 Å². The molecule has 0 atom stereocenters. The first-order chi connectivity index (χ1) is 6.74. The van der Waals surface area contributed by atoms with Crippen molar-refractivity contribution in [3.8, 4) is 0 Å². The van der Waals surface area contributed by atoms with E-state index in [2.05, 4.69) is 62.0 Å². The summed E-state index contributed by atoms with van der Waals surface area (Å²) in [6, 6.07) is 0. The Labute approximate surface area is 86.2 Å². The average Bonchev–Trinajstić information content (AvgIpc) is 2.41. The van der Waals surface area contributed by atoms with Crippen LogP contribution in [0.4, 0.5) is 0 Å². The summed E-state index contributed by atoms with van der Waals surface area (Å²) in [5, 5.41) is 0. The van der Waals surface area contributed by atoms with Gasteiger partial charge in [0.1, 0.15) is 0 Å². The third-order valence-corrected chi connectivity index (χ3v) is 1.94. The van der Waals surface area contributed by atoms with Gasteiger partial charge in [0.2, 0.25) is 0 Å². The fourth-order valence-electron chi connectivity index (χ4n) is 1.31. The van der Waals surface area contributed by atoms with E-state index >= 15 is 0 Å². The molecule has 1 heteroatoms. The minimum atomic E-state index is 0.497. The highest BCUT2D eigenvalue weighted by Gasteiger charge is 2.00. The molecule has 0 fully saturated rings. The first-order valence-electron chi connectivity index (χ1n) is 4.96. The van der Waals surface area contributed by atoms with E-state index in [1.54, 1.807) is 0 Å². The van der Waals surface area contributed by atoms with Crippen molar-refractivity contribution in [2.45, 2.75) is 20.3 Å². The van der Waals surface area contributed by atoms with Crippen LogP contribution in [0, 0.1) is 5.92 Å². The van der Waals surface area contributed by atoms with Gasteiger partial charge in [-0.15, -0.1) is 0 Å². The summed E-state index contributed by atoms with van der Waals surface area (Å²) < 4.78 is 0. The third kappa shape index (κ3) is 3.17. The first kappa shape index (κ1) is 10.7. The molecule has 74 valence electrons. The maximum Gasteiger partial charge on any atom is 0.0657 e. The molecule has 0 radical (unpaired) electrons. The molecule has 1 nitrogen and oxygen atoms in total. The predicted molar refractivity (Wildman–Crippen MR) is 63.5 cm³/mol. The van der Waals surface area contributed by atoms with E-state index in [4.69, 9.17) is 0 Å². The van der Waals surface area contributed by atoms with Gasteiger partial charge < -0.3 is 0 Å². The second-order valence-corrected chi connectivity index (χ2v) is 3.64. The molecule has 0 unspecified atom stereocenters. The molecule has 0 bridgehead atoms. The highest BCUT2D eigenvalue weighted by molar-refractivity contribution is 5.46. The maximum absolute atomic E-state index is 4.05. The van der Waals surface area contributed by atoms with Gasteiger partial charge in [-0.3, -0.25) is 4.99 Å². The molecule has 14 heavy (non-hydrogen) atoms. The van der Waals surface area contributed by atoms with Gasteiger partial charge in [-0.2, -0.15) is 0 Å². The number of hydrogen-bond acceptors (Lipinski definition) is 1. The average molecular weight is 187 g/mol. The van der Waals surface area contributed by atoms with Crippen molar-refractivity contribution in [3.63, 3.8) is 0 Å². The van der Waals surface area contributed by atoms with Gasteiger partial charge in [0.15, 0.2) is 0 Å². The van der Waals surface area contributed by atoms with Gasteiger partial charge in [-0.05, 0) is 24.6 Å². The molecule has 1 aliphatic carbocycles. The second-order valence-electron chi connectivity index (χ2n) is 3.64. The Kier molecular flexibility index (Phi) is 4.11. The summed E-state index contributed by atoms with van der Waals surface area (Å²) in [7, 11) is 0. The maximum atomic E-state index is 4.05. The normalized spacial score (nSPS) is 16.8. The lowest BCUT2D eigenvalue weighted by Gasteiger charge is -2.03. The number of allylic oxidation sites excluding steroid dienone is 6. The Bertz CT molecular complexity index is 314. The zero-order valence-corrected chi connectivity index (χ0v) is 8.90. The Morgan fingerprint density at radius 3 is 2.93 bits per heavy atom. The molecule has 1 aliphatic rings. The smallest absolute Gasteiger partial charge is 0.0657 e. The lowest BCUT2D eigenvalue weighted by molar-refractivity contribution is 0.822. The Balaban J connectivity index is 2.94. The zero-order valence-electron chi connectivity index (χ0n) is 8.90. The van der Waals surface area contributed by atoms with Crippen molar-refractivity contribution in [1.82, 2.24) is 0 Å². The summed E-state index contributed by atoms with van der Waals surface area (Å²) in [6.45, 7) is 7.88. The predicted octanol–water partition coefficient (Wildman–Crippen LogP) is 3.67. The van der Waals surface area contributed by atoms with E-state index in [1.807, 2.05) is 0 Å². The molecule has 0 heterocycles. The van der Waals surface area contributed by atoms with Crippen LogP contribution in [-0.2, 0) is 0 Å². The van der Waals surface area contributed by atoms with Gasteiger partial charge in [0, 0.05) is 0 Å². The monoisotopic (exact) mass is 187 g/mol.